The predicted molar refractivity (Wildman–Crippen MR) is 110 cm³/mol. The number of Topliss-reactive ketones (excluding diaryl/α,β-unsaturated/α-hetero) is 1. The molecule has 28 heavy (non-hydrogen) atoms. The molecular formula is C20H22N4O3S. The number of pyridine rings is 1. The van der Waals surface area contributed by atoms with E-state index in [4.69, 9.17) is 12.2 Å². The highest BCUT2D eigenvalue weighted by Gasteiger charge is 2.39. The van der Waals surface area contributed by atoms with Gasteiger partial charge in [-0.2, -0.15) is 0 Å². The van der Waals surface area contributed by atoms with Crippen LogP contribution in [-0.2, 0) is 11.3 Å². The van der Waals surface area contributed by atoms with Crippen LogP contribution in [0.25, 0.3) is 0 Å². The summed E-state index contributed by atoms with van der Waals surface area (Å²) in [5, 5.41) is 15.8. The minimum absolute atomic E-state index is 0.164. The number of anilines is 1. The molecule has 0 saturated carbocycles. The molecule has 1 aliphatic heterocycles. The summed E-state index contributed by atoms with van der Waals surface area (Å²) >= 11 is 5.52. The highest BCUT2D eigenvalue weighted by molar-refractivity contribution is 7.80. The van der Waals surface area contributed by atoms with Crippen LogP contribution in [0.2, 0.25) is 0 Å². The van der Waals surface area contributed by atoms with Crippen molar-refractivity contribution in [1.82, 2.24) is 15.2 Å². The summed E-state index contributed by atoms with van der Waals surface area (Å²) in [6.07, 6.45) is 2.37. The first-order chi connectivity index (χ1) is 13.5. The lowest BCUT2D eigenvalue weighted by Crippen LogP contribution is -2.59. The number of aromatic nitrogens is 1. The van der Waals surface area contributed by atoms with Gasteiger partial charge in [-0.3, -0.25) is 14.7 Å². The molecule has 1 aromatic carbocycles. The van der Waals surface area contributed by atoms with Crippen LogP contribution in [0.3, 0.4) is 0 Å². The van der Waals surface area contributed by atoms with Gasteiger partial charge in [0.1, 0.15) is 0 Å². The Morgan fingerprint density at radius 3 is 2.75 bits per heavy atom. The Balaban J connectivity index is 1.78. The summed E-state index contributed by atoms with van der Waals surface area (Å²) in [6, 6.07) is 10.9. The second-order valence-electron chi connectivity index (χ2n) is 6.75. The lowest BCUT2D eigenvalue weighted by Gasteiger charge is -2.37. The molecule has 0 aliphatic carbocycles. The minimum atomic E-state index is -1.11. The van der Waals surface area contributed by atoms with Crippen molar-refractivity contribution >= 4 is 34.8 Å². The topological polar surface area (TPSA) is 94.6 Å². The average Bonchev–Trinajstić information content (AvgIpc) is 2.67. The number of hydrogen-bond acceptors (Lipinski definition) is 5. The Morgan fingerprint density at radius 2 is 2.07 bits per heavy atom. The molecule has 2 aromatic rings. The van der Waals surface area contributed by atoms with Crippen LogP contribution in [0.15, 0.2) is 48.8 Å². The van der Waals surface area contributed by atoms with Crippen LogP contribution in [0.5, 0.6) is 0 Å². The maximum absolute atomic E-state index is 12.7. The van der Waals surface area contributed by atoms with E-state index in [0.717, 1.165) is 21.7 Å². The Hall–Kier alpha value is -2.84. The van der Waals surface area contributed by atoms with Gasteiger partial charge in [-0.25, -0.2) is 4.79 Å². The molecule has 2 heterocycles. The number of para-hydroxylation sites is 1. The average molecular weight is 398 g/mol. The van der Waals surface area contributed by atoms with Gasteiger partial charge in [0, 0.05) is 37.2 Å². The molecule has 7 nitrogen and oxygen atoms in total. The fraction of sp³-hybridized carbons (Fsp3) is 0.300. The lowest BCUT2D eigenvalue weighted by molar-refractivity contribution is -0.124. The van der Waals surface area contributed by atoms with Gasteiger partial charge in [0.05, 0.1) is 17.5 Å². The van der Waals surface area contributed by atoms with Gasteiger partial charge in [-0.1, -0.05) is 30.4 Å². The molecule has 2 atom stereocenters. The Kier molecular flexibility index (Phi) is 6.33. The molecule has 2 unspecified atom stereocenters. The van der Waals surface area contributed by atoms with Crippen molar-refractivity contribution in [3.63, 3.8) is 0 Å². The lowest BCUT2D eigenvalue weighted by atomic mass is 9.89. The molecule has 1 fully saturated rings. The third-order valence-corrected chi connectivity index (χ3v) is 5.15. The van der Waals surface area contributed by atoms with Crippen molar-refractivity contribution in [3.05, 3.63) is 59.9 Å². The summed E-state index contributed by atoms with van der Waals surface area (Å²) in [6.45, 7) is 2.47. The number of amides is 1. The van der Waals surface area contributed by atoms with Crippen molar-refractivity contribution < 1.29 is 14.7 Å². The van der Waals surface area contributed by atoms with Crippen LogP contribution < -0.4 is 10.6 Å². The van der Waals surface area contributed by atoms with E-state index in [0.29, 0.717) is 11.5 Å². The first kappa shape index (κ1) is 19.9. The molecule has 1 aromatic heterocycles. The third kappa shape index (κ3) is 4.71. The highest BCUT2D eigenvalue weighted by atomic mass is 32.1. The SMILES string of the molecule is Cc1cnccc1CNC1CN(C(=O)O)CC(=O)C1C(=S)Nc1ccccc1. The van der Waals surface area contributed by atoms with E-state index in [-0.39, 0.29) is 18.9 Å². The van der Waals surface area contributed by atoms with Crippen LogP contribution in [0.1, 0.15) is 11.1 Å². The molecule has 1 aliphatic rings. The van der Waals surface area contributed by atoms with Crippen molar-refractivity contribution in [2.45, 2.75) is 19.5 Å². The first-order valence-corrected chi connectivity index (χ1v) is 9.36. The number of likely N-dealkylation sites (tertiary alicyclic amines) is 1. The quantitative estimate of drug-likeness (QED) is 0.666. The molecule has 0 radical (unpaired) electrons. The number of rotatable bonds is 5. The van der Waals surface area contributed by atoms with Gasteiger partial charge >= 0.3 is 6.09 Å². The second kappa shape index (κ2) is 8.90. The maximum atomic E-state index is 12.7. The monoisotopic (exact) mass is 398 g/mol. The molecule has 3 N–H and O–H groups in total. The summed E-state index contributed by atoms with van der Waals surface area (Å²) < 4.78 is 0. The fourth-order valence-corrected chi connectivity index (χ4v) is 3.67. The molecular weight excluding hydrogens is 376 g/mol. The zero-order valence-corrected chi connectivity index (χ0v) is 16.3. The van der Waals surface area contributed by atoms with E-state index < -0.39 is 18.1 Å². The number of ketones is 1. The number of carbonyl (C=O) groups excluding carboxylic acids is 1. The molecule has 1 amide bonds. The van der Waals surface area contributed by atoms with Crippen LogP contribution >= 0.6 is 12.2 Å². The molecule has 3 rings (SSSR count). The number of hydrogen-bond donors (Lipinski definition) is 3. The molecule has 0 spiro atoms. The number of carbonyl (C=O) groups is 2. The van der Waals surface area contributed by atoms with Crippen molar-refractivity contribution in [2.75, 3.05) is 18.4 Å². The van der Waals surface area contributed by atoms with E-state index in [1.165, 1.54) is 0 Å². The van der Waals surface area contributed by atoms with Gasteiger partial charge in [0.2, 0.25) is 0 Å². The van der Waals surface area contributed by atoms with Gasteiger partial charge < -0.3 is 15.7 Å². The maximum Gasteiger partial charge on any atom is 0.407 e. The number of benzene rings is 1. The Bertz CT molecular complexity index is 875. The number of nitrogens with one attached hydrogen (secondary N) is 2. The van der Waals surface area contributed by atoms with Gasteiger partial charge in [0.25, 0.3) is 0 Å². The van der Waals surface area contributed by atoms with E-state index >= 15 is 0 Å². The van der Waals surface area contributed by atoms with E-state index in [2.05, 4.69) is 15.6 Å². The fourth-order valence-electron chi connectivity index (χ4n) is 3.26. The third-order valence-electron chi connectivity index (χ3n) is 4.80. The Labute approximate surface area is 168 Å². The smallest absolute Gasteiger partial charge is 0.407 e. The van der Waals surface area contributed by atoms with Crippen LogP contribution in [0, 0.1) is 12.8 Å². The number of thiocarbonyl (C=S) groups is 1. The minimum Gasteiger partial charge on any atom is -0.465 e. The van der Waals surface area contributed by atoms with E-state index in [1.807, 2.05) is 43.3 Å². The van der Waals surface area contributed by atoms with Gasteiger partial charge in [0.15, 0.2) is 5.78 Å². The number of piperidine rings is 1. The number of nitrogens with zero attached hydrogens (tertiary/aromatic N) is 2. The molecule has 146 valence electrons. The summed E-state index contributed by atoms with van der Waals surface area (Å²) in [4.78, 5) is 29.8. The van der Waals surface area contributed by atoms with Crippen molar-refractivity contribution in [3.8, 4) is 0 Å². The number of carboxylic acid groups (broad SMARTS) is 1. The zero-order valence-electron chi connectivity index (χ0n) is 15.5. The van der Waals surface area contributed by atoms with E-state index in [9.17, 15) is 14.7 Å². The summed E-state index contributed by atoms with van der Waals surface area (Å²) in [5.41, 5.74) is 2.86. The second-order valence-corrected chi connectivity index (χ2v) is 7.19. The van der Waals surface area contributed by atoms with E-state index in [1.54, 1.807) is 12.4 Å². The standard InChI is InChI=1S/C20H22N4O3S/c1-13-9-21-8-7-14(13)10-22-16-11-24(20(26)27)12-17(25)18(16)19(28)23-15-5-3-2-4-6-15/h2-9,16,18,22H,10-12H2,1H3,(H,23,28)(H,26,27). The zero-order chi connectivity index (χ0) is 20.1. The highest BCUT2D eigenvalue weighted by Crippen LogP contribution is 2.20. The number of aryl methyl sites for hydroxylation is 1. The predicted octanol–water partition coefficient (Wildman–Crippen LogP) is 2.47. The van der Waals surface area contributed by atoms with Crippen LogP contribution in [-0.4, -0.2) is 51.0 Å². The first-order valence-electron chi connectivity index (χ1n) is 8.95. The van der Waals surface area contributed by atoms with Crippen molar-refractivity contribution in [1.29, 1.82) is 0 Å². The Morgan fingerprint density at radius 1 is 1.32 bits per heavy atom. The van der Waals surface area contributed by atoms with Crippen LogP contribution in [0.4, 0.5) is 10.5 Å². The van der Waals surface area contributed by atoms with Crippen molar-refractivity contribution in [2.24, 2.45) is 5.92 Å². The largest absolute Gasteiger partial charge is 0.465 e. The summed E-state index contributed by atoms with van der Waals surface area (Å²) in [7, 11) is 0. The molecule has 8 heteroatoms. The normalized spacial score (nSPS) is 19.3. The molecule has 0 bridgehead atoms. The molecule has 1 saturated heterocycles. The van der Waals surface area contributed by atoms with Gasteiger partial charge in [-0.15, -0.1) is 0 Å². The van der Waals surface area contributed by atoms with Gasteiger partial charge in [-0.05, 0) is 36.2 Å². The summed E-state index contributed by atoms with van der Waals surface area (Å²) in [5.74, 6) is -0.820.